The van der Waals surface area contributed by atoms with Crippen LogP contribution in [0, 0.1) is 5.92 Å². The third kappa shape index (κ3) is 5.33. The van der Waals surface area contributed by atoms with Gasteiger partial charge in [0.25, 0.3) is 0 Å². The van der Waals surface area contributed by atoms with Crippen molar-refractivity contribution in [1.82, 2.24) is 5.32 Å². The zero-order chi connectivity index (χ0) is 11.1. The first kappa shape index (κ1) is 12.7. The van der Waals surface area contributed by atoms with E-state index in [4.69, 9.17) is 0 Å². The van der Waals surface area contributed by atoms with Crippen LogP contribution >= 0.6 is 11.3 Å². The molecule has 86 valence electrons. The van der Waals surface area contributed by atoms with Crippen LogP contribution < -0.4 is 5.32 Å². The largest absolute Gasteiger partial charge is 0.314 e. The van der Waals surface area contributed by atoms with Gasteiger partial charge >= 0.3 is 0 Å². The fourth-order valence-electron chi connectivity index (χ4n) is 1.78. The lowest BCUT2D eigenvalue weighted by molar-refractivity contribution is 0.443. The van der Waals surface area contributed by atoms with Gasteiger partial charge in [-0.15, -0.1) is 11.3 Å². The van der Waals surface area contributed by atoms with E-state index in [-0.39, 0.29) is 0 Å². The van der Waals surface area contributed by atoms with E-state index < -0.39 is 0 Å². The van der Waals surface area contributed by atoms with Gasteiger partial charge in [-0.1, -0.05) is 26.3 Å². The molecule has 0 fully saturated rings. The third-order valence-corrected chi connectivity index (χ3v) is 3.56. The van der Waals surface area contributed by atoms with Crippen molar-refractivity contribution in [2.75, 3.05) is 6.54 Å². The first-order valence-electron chi connectivity index (χ1n) is 5.98. The van der Waals surface area contributed by atoms with E-state index in [9.17, 15) is 0 Å². The van der Waals surface area contributed by atoms with E-state index in [0.29, 0.717) is 6.04 Å². The highest BCUT2D eigenvalue weighted by atomic mass is 32.1. The standard InChI is InChI=1S/C13H23NS/c1-4-6-12(3)14-10-11(2)9-13-7-5-8-15-13/h5,7-8,11-12,14H,4,6,9-10H2,1-3H3. The Morgan fingerprint density at radius 2 is 2.20 bits per heavy atom. The van der Waals surface area contributed by atoms with Crippen LogP contribution in [0.3, 0.4) is 0 Å². The molecule has 15 heavy (non-hydrogen) atoms. The molecule has 0 saturated heterocycles. The second kappa shape index (κ2) is 7.02. The van der Waals surface area contributed by atoms with Crippen LogP contribution in [0.1, 0.15) is 38.5 Å². The van der Waals surface area contributed by atoms with Gasteiger partial charge in [-0.2, -0.15) is 0 Å². The van der Waals surface area contributed by atoms with E-state index in [1.807, 2.05) is 11.3 Å². The molecule has 1 N–H and O–H groups in total. The van der Waals surface area contributed by atoms with Crippen LogP contribution in [-0.4, -0.2) is 12.6 Å². The van der Waals surface area contributed by atoms with Crippen molar-refractivity contribution in [3.63, 3.8) is 0 Å². The first-order valence-corrected chi connectivity index (χ1v) is 6.86. The molecule has 0 amide bonds. The topological polar surface area (TPSA) is 12.0 Å². The molecule has 0 radical (unpaired) electrons. The van der Waals surface area contributed by atoms with Gasteiger partial charge in [-0.05, 0) is 43.7 Å². The lowest BCUT2D eigenvalue weighted by atomic mass is 10.1. The molecule has 1 nitrogen and oxygen atoms in total. The molecule has 1 aromatic heterocycles. The molecular formula is C13H23NS. The molecule has 2 unspecified atom stereocenters. The highest BCUT2D eigenvalue weighted by Crippen LogP contribution is 2.14. The molecule has 0 aliphatic heterocycles. The molecule has 0 aliphatic carbocycles. The van der Waals surface area contributed by atoms with E-state index >= 15 is 0 Å². The summed E-state index contributed by atoms with van der Waals surface area (Å²) in [6, 6.07) is 5.04. The number of hydrogen-bond acceptors (Lipinski definition) is 2. The second-order valence-electron chi connectivity index (χ2n) is 4.49. The van der Waals surface area contributed by atoms with Gasteiger partial charge in [-0.25, -0.2) is 0 Å². The zero-order valence-corrected chi connectivity index (χ0v) is 10.9. The predicted octanol–water partition coefficient (Wildman–Crippen LogP) is 3.70. The summed E-state index contributed by atoms with van der Waals surface area (Å²) in [6.45, 7) is 7.99. The maximum Gasteiger partial charge on any atom is 0.00483 e. The van der Waals surface area contributed by atoms with Crippen molar-refractivity contribution in [3.05, 3.63) is 22.4 Å². The van der Waals surface area contributed by atoms with E-state index in [2.05, 4.69) is 43.6 Å². The number of rotatable bonds is 7. The summed E-state index contributed by atoms with van der Waals surface area (Å²) in [7, 11) is 0. The summed E-state index contributed by atoms with van der Waals surface area (Å²) in [6.07, 6.45) is 3.77. The van der Waals surface area contributed by atoms with Crippen LogP contribution in [0.2, 0.25) is 0 Å². The van der Waals surface area contributed by atoms with Crippen LogP contribution in [0.5, 0.6) is 0 Å². The highest BCUT2D eigenvalue weighted by molar-refractivity contribution is 7.09. The summed E-state index contributed by atoms with van der Waals surface area (Å²) in [4.78, 5) is 1.51. The lowest BCUT2D eigenvalue weighted by Crippen LogP contribution is -2.30. The van der Waals surface area contributed by atoms with Gasteiger partial charge in [0.2, 0.25) is 0 Å². The quantitative estimate of drug-likeness (QED) is 0.746. The molecule has 1 aromatic rings. The summed E-state index contributed by atoms with van der Waals surface area (Å²) >= 11 is 1.87. The van der Waals surface area contributed by atoms with Gasteiger partial charge < -0.3 is 5.32 Å². The molecule has 1 rings (SSSR count). The lowest BCUT2D eigenvalue weighted by Gasteiger charge is -2.16. The Kier molecular flexibility index (Phi) is 5.96. The maximum absolute atomic E-state index is 3.60. The smallest absolute Gasteiger partial charge is 0.00483 e. The molecule has 2 heteroatoms. The minimum absolute atomic E-state index is 0.667. The average molecular weight is 225 g/mol. The van der Waals surface area contributed by atoms with Crippen molar-refractivity contribution in [2.45, 2.75) is 46.1 Å². The van der Waals surface area contributed by atoms with Crippen LogP contribution in [-0.2, 0) is 6.42 Å². The molecule has 0 saturated carbocycles. The van der Waals surface area contributed by atoms with Crippen LogP contribution in [0.4, 0.5) is 0 Å². The highest BCUT2D eigenvalue weighted by Gasteiger charge is 2.06. The van der Waals surface area contributed by atoms with Gasteiger partial charge in [0.05, 0.1) is 0 Å². The van der Waals surface area contributed by atoms with Crippen molar-refractivity contribution < 1.29 is 0 Å². The van der Waals surface area contributed by atoms with Crippen molar-refractivity contribution in [3.8, 4) is 0 Å². The Labute approximate surface area is 97.9 Å². The van der Waals surface area contributed by atoms with Gasteiger partial charge in [0.1, 0.15) is 0 Å². The molecule has 0 aromatic carbocycles. The molecule has 2 atom stereocenters. The zero-order valence-electron chi connectivity index (χ0n) is 10.1. The molecule has 0 aliphatic rings. The maximum atomic E-state index is 3.60. The Hall–Kier alpha value is -0.340. The Bertz CT molecular complexity index is 243. The van der Waals surface area contributed by atoms with Gasteiger partial charge in [0.15, 0.2) is 0 Å². The Balaban J connectivity index is 2.16. The third-order valence-electron chi connectivity index (χ3n) is 2.67. The van der Waals surface area contributed by atoms with Crippen molar-refractivity contribution in [1.29, 1.82) is 0 Å². The first-order chi connectivity index (χ1) is 7.22. The van der Waals surface area contributed by atoms with Gasteiger partial charge in [0, 0.05) is 10.9 Å². The normalized spacial score (nSPS) is 15.1. The molecule has 0 bridgehead atoms. The van der Waals surface area contributed by atoms with E-state index in [1.54, 1.807) is 0 Å². The summed E-state index contributed by atoms with van der Waals surface area (Å²) in [5.74, 6) is 0.739. The number of thiophene rings is 1. The fraction of sp³-hybridized carbons (Fsp3) is 0.692. The van der Waals surface area contributed by atoms with Gasteiger partial charge in [-0.3, -0.25) is 0 Å². The summed E-state index contributed by atoms with van der Waals surface area (Å²) < 4.78 is 0. The minimum Gasteiger partial charge on any atom is -0.314 e. The van der Waals surface area contributed by atoms with Crippen molar-refractivity contribution in [2.24, 2.45) is 5.92 Å². The Morgan fingerprint density at radius 3 is 2.80 bits per heavy atom. The SMILES string of the molecule is CCCC(C)NCC(C)Cc1cccs1. The Morgan fingerprint density at radius 1 is 1.40 bits per heavy atom. The average Bonchev–Trinajstić information content (AvgIpc) is 2.68. The van der Waals surface area contributed by atoms with Crippen LogP contribution in [0.25, 0.3) is 0 Å². The number of hydrogen-bond donors (Lipinski definition) is 1. The predicted molar refractivity (Wildman–Crippen MR) is 69.6 cm³/mol. The summed E-state index contributed by atoms with van der Waals surface area (Å²) in [5, 5.41) is 5.76. The van der Waals surface area contributed by atoms with E-state index in [1.165, 1.54) is 24.1 Å². The summed E-state index contributed by atoms with van der Waals surface area (Å²) in [5.41, 5.74) is 0. The molecule has 1 heterocycles. The fourth-order valence-corrected chi connectivity index (χ4v) is 2.65. The van der Waals surface area contributed by atoms with Crippen LogP contribution in [0.15, 0.2) is 17.5 Å². The second-order valence-corrected chi connectivity index (χ2v) is 5.52. The minimum atomic E-state index is 0.667. The number of nitrogens with one attached hydrogen (secondary N) is 1. The molecular weight excluding hydrogens is 202 g/mol. The van der Waals surface area contributed by atoms with Crippen molar-refractivity contribution >= 4 is 11.3 Å². The monoisotopic (exact) mass is 225 g/mol. The molecule has 0 spiro atoms. The van der Waals surface area contributed by atoms with E-state index in [0.717, 1.165) is 12.5 Å².